The van der Waals surface area contributed by atoms with Crippen LogP contribution < -0.4 is 9.47 Å². The highest BCUT2D eigenvalue weighted by Crippen LogP contribution is 2.36. The molecular weight excluding hydrogens is 330 g/mol. The number of carbonyl (C=O) groups excluding carboxylic acids is 1. The maximum absolute atomic E-state index is 12.6. The van der Waals surface area contributed by atoms with Crippen LogP contribution in [0.4, 0.5) is 0 Å². The van der Waals surface area contributed by atoms with Crippen molar-refractivity contribution in [2.45, 2.75) is 38.6 Å². The summed E-state index contributed by atoms with van der Waals surface area (Å²) in [6, 6.07) is 5.86. The molecule has 0 bridgehead atoms. The molecular formula is C20H27N3O3. The molecule has 1 fully saturated rings. The fourth-order valence-corrected chi connectivity index (χ4v) is 3.60. The number of ether oxygens (including phenoxy) is 2. The van der Waals surface area contributed by atoms with Gasteiger partial charge in [0, 0.05) is 49.9 Å². The Labute approximate surface area is 154 Å². The average molecular weight is 357 g/mol. The number of hydrogen-bond acceptors (Lipinski definition) is 4. The summed E-state index contributed by atoms with van der Waals surface area (Å²) in [4.78, 5) is 18.7. The lowest BCUT2D eigenvalue weighted by Gasteiger charge is -2.18. The van der Waals surface area contributed by atoms with Crippen LogP contribution >= 0.6 is 0 Å². The molecule has 1 aliphatic rings. The number of carbonyl (C=O) groups is 1. The summed E-state index contributed by atoms with van der Waals surface area (Å²) in [5, 5.41) is 0. The normalized spacial score (nSPS) is 16.7. The average Bonchev–Trinajstić information content (AvgIpc) is 3.30. The minimum absolute atomic E-state index is 0.229. The summed E-state index contributed by atoms with van der Waals surface area (Å²) in [7, 11) is 3.35. The standard InChI is InChI=1S/C20H27N3O3/c1-15-21-9-12-22(15)10-4-5-20(24)23-11-8-16(14-23)18-13-17(25-2)6-7-19(18)26-3/h6-7,9,12-13,16H,4-5,8,10-11,14H2,1-3H3/t16-/m1/s1. The molecule has 0 aliphatic carbocycles. The molecule has 3 rings (SSSR count). The lowest BCUT2D eigenvalue weighted by atomic mass is 9.97. The van der Waals surface area contributed by atoms with Gasteiger partial charge in [-0.25, -0.2) is 4.98 Å². The number of imidazole rings is 1. The van der Waals surface area contributed by atoms with Crippen LogP contribution in [0.5, 0.6) is 11.5 Å². The third-order valence-corrected chi connectivity index (χ3v) is 5.13. The Morgan fingerprint density at radius 1 is 1.31 bits per heavy atom. The van der Waals surface area contributed by atoms with Gasteiger partial charge in [0.05, 0.1) is 14.2 Å². The minimum atomic E-state index is 0.229. The molecule has 1 aromatic carbocycles. The smallest absolute Gasteiger partial charge is 0.222 e. The lowest BCUT2D eigenvalue weighted by Crippen LogP contribution is -2.28. The number of methoxy groups -OCH3 is 2. The number of aromatic nitrogens is 2. The van der Waals surface area contributed by atoms with E-state index < -0.39 is 0 Å². The first-order chi connectivity index (χ1) is 12.6. The third-order valence-electron chi connectivity index (χ3n) is 5.13. The SMILES string of the molecule is COc1ccc(OC)c([C@@H]2CCN(C(=O)CCCn3ccnc3C)C2)c1. The van der Waals surface area contributed by atoms with Gasteiger partial charge in [0.15, 0.2) is 0 Å². The van der Waals surface area contributed by atoms with Gasteiger partial charge in [-0.15, -0.1) is 0 Å². The molecule has 0 N–H and O–H groups in total. The maximum atomic E-state index is 12.6. The molecule has 0 unspecified atom stereocenters. The van der Waals surface area contributed by atoms with E-state index in [-0.39, 0.29) is 5.91 Å². The number of likely N-dealkylation sites (tertiary alicyclic amines) is 1. The van der Waals surface area contributed by atoms with E-state index in [1.54, 1.807) is 20.4 Å². The fraction of sp³-hybridized carbons (Fsp3) is 0.500. The molecule has 6 nitrogen and oxygen atoms in total. The van der Waals surface area contributed by atoms with Crippen LogP contribution in [0.2, 0.25) is 0 Å². The lowest BCUT2D eigenvalue weighted by molar-refractivity contribution is -0.130. The molecule has 140 valence electrons. The van der Waals surface area contributed by atoms with Gasteiger partial charge in [0.1, 0.15) is 17.3 Å². The third kappa shape index (κ3) is 4.00. The van der Waals surface area contributed by atoms with Gasteiger partial charge in [-0.3, -0.25) is 4.79 Å². The topological polar surface area (TPSA) is 56.6 Å². The first-order valence-electron chi connectivity index (χ1n) is 9.09. The highest BCUT2D eigenvalue weighted by atomic mass is 16.5. The predicted molar refractivity (Wildman–Crippen MR) is 99.7 cm³/mol. The van der Waals surface area contributed by atoms with Crippen LogP contribution in [-0.4, -0.2) is 47.7 Å². The molecule has 1 amide bonds. The molecule has 0 saturated carbocycles. The fourth-order valence-electron chi connectivity index (χ4n) is 3.60. The highest BCUT2D eigenvalue weighted by Gasteiger charge is 2.29. The molecule has 1 atom stereocenters. The molecule has 2 aromatic rings. The van der Waals surface area contributed by atoms with Gasteiger partial charge in [-0.1, -0.05) is 0 Å². The van der Waals surface area contributed by atoms with Crippen molar-refractivity contribution in [2.75, 3.05) is 27.3 Å². The summed E-state index contributed by atoms with van der Waals surface area (Å²) < 4.78 is 12.9. The van der Waals surface area contributed by atoms with Crippen LogP contribution in [0, 0.1) is 6.92 Å². The van der Waals surface area contributed by atoms with Crippen molar-refractivity contribution in [2.24, 2.45) is 0 Å². The van der Waals surface area contributed by atoms with Crippen molar-refractivity contribution >= 4 is 5.91 Å². The molecule has 26 heavy (non-hydrogen) atoms. The molecule has 0 spiro atoms. The van der Waals surface area contributed by atoms with E-state index >= 15 is 0 Å². The number of nitrogens with zero attached hydrogens (tertiary/aromatic N) is 3. The van der Waals surface area contributed by atoms with Gasteiger partial charge < -0.3 is 18.9 Å². The van der Waals surface area contributed by atoms with Gasteiger partial charge in [-0.05, 0) is 38.0 Å². The molecule has 1 saturated heterocycles. The minimum Gasteiger partial charge on any atom is -0.497 e. The second-order valence-electron chi connectivity index (χ2n) is 6.70. The van der Waals surface area contributed by atoms with Crippen molar-refractivity contribution in [1.82, 2.24) is 14.5 Å². The Bertz CT molecular complexity index is 757. The summed E-state index contributed by atoms with van der Waals surface area (Å²) in [5.74, 6) is 3.19. The largest absolute Gasteiger partial charge is 0.497 e. The van der Waals surface area contributed by atoms with Crippen molar-refractivity contribution in [3.05, 3.63) is 42.0 Å². The van der Waals surface area contributed by atoms with Crippen LogP contribution in [0.1, 0.15) is 36.6 Å². The van der Waals surface area contributed by atoms with E-state index in [2.05, 4.69) is 9.55 Å². The van der Waals surface area contributed by atoms with Crippen LogP contribution in [0.25, 0.3) is 0 Å². The van der Waals surface area contributed by atoms with Crippen molar-refractivity contribution in [3.8, 4) is 11.5 Å². The van der Waals surface area contributed by atoms with Crippen LogP contribution in [0.15, 0.2) is 30.6 Å². The Hall–Kier alpha value is -2.50. The Morgan fingerprint density at radius 2 is 2.15 bits per heavy atom. The zero-order valence-electron chi connectivity index (χ0n) is 15.8. The zero-order chi connectivity index (χ0) is 18.5. The zero-order valence-corrected chi connectivity index (χ0v) is 15.8. The van der Waals surface area contributed by atoms with E-state index in [9.17, 15) is 4.79 Å². The van der Waals surface area contributed by atoms with E-state index in [0.29, 0.717) is 12.3 Å². The number of aryl methyl sites for hydroxylation is 2. The Balaban J connectivity index is 1.56. The Kier molecular flexibility index (Phi) is 5.81. The van der Waals surface area contributed by atoms with Crippen LogP contribution in [0.3, 0.4) is 0 Å². The van der Waals surface area contributed by atoms with Crippen LogP contribution in [-0.2, 0) is 11.3 Å². The van der Waals surface area contributed by atoms with E-state index in [1.165, 1.54) is 0 Å². The quantitative estimate of drug-likeness (QED) is 0.764. The van der Waals surface area contributed by atoms with Gasteiger partial charge in [-0.2, -0.15) is 0 Å². The van der Waals surface area contributed by atoms with E-state index in [1.807, 2.05) is 36.2 Å². The second-order valence-corrected chi connectivity index (χ2v) is 6.70. The summed E-state index contributed by atoms with van der Waals surface area (Å²) in [6.45, 7) is 4.35. The molecule has 6 heteroatoms. The first kappa shape index (κ1) is 18.3. The van der Waals surface area contributed by atoms with Gasteiger partial charge >= 0.3 is 0 Å². The summed E-state index contributed by atoms with van der Waals surface area (Å²) in [6.07, 6.45) is 6.11. The van der Waals surface area contributed by atoms with Crippen molar-refractivity contribution < 1.29 is 14.3 Å². The molecule has 0 radical (unpaired) electrons. The van der Waals surface area contributed by atoms with Gasteiger partial charge in [0.2, 0.25) is 5.91 Å². The van der Waals surface area contributed by atoms with Gasteiger partial charge in [0.25, 0.3) is 0 Å². The molecule has 2 heterocycles. The monoisotopic (exact) mass is 357 g/mol. The number of rotatable bonds is 7. The first-order valence-corrected chi connectivity index (χ1v) is 9.09. The maximum Gasteiger partial charge on any atom is 0.222 e. The predicted octanol–water partition coefficient (Wildman–Crippen LogP) is 3.01. The van der Waals surface area contributed by atoms with E-state index in [0.717, 1.165) is 55.4 Å². The Morgan fingerprint density at radius 3 is 2.85 bits per heavy atom. The number of benzene rings is 1. The van der Waals surface area contributed by atoms with Crippen molar-refractivity contribution in [1.29, 1.82) is 0 Å². The second kappa shape index (κ2) is 8.25. The number of amides is 1. The molecule has 1 aromatic heterocycles. The molecule has 1 aliphatic heterocycles. The summed E-state index contributed by atoms with van der Waals surface area (Å²) >= 11 is 0. The number of hydrogen-bond donors (Lipinski definition) is 0. The highest BCUT2D eigenvalue weighted by molar-refractivity contribution is 5.76. The van der Waals surface area contributed by atoms with E-state index in [4.69, 9.17) is 9.47 Å². The summed E-state index contributed by atoms with van der Waals surface area (Å²) in [5.41, 5.74) is 1.12. The van der Waals surface area contributed by atoms with Crippen molar-refractivity contribution in [3.63, 3.8) is 0 Å².